The maximum atomic E-state index is 6.15. The first kappa shape index (κ1) is 14.3. The molecule has 5 heteroatoms. The van der Waals surface area contributed by atoms with Crippen LogP contribution >= 0.6 is 11.6 Å². The van der Waals surface area contributed by atoms with Crippen LogP contribution in [0.3, 0.4) is 0 Å². The molecule has 2 aliphatic heterocycles. The van der Waals surface area contributed by atoms with Crippen LogP contribution < -0.4 is 0 Å². The first-order valence-electron chi connectivity index (χ1n) is 7.06. The van der Waals surface area contributed by atoms with E-state index in [1.165, 1.54) is 0 Å². The van der Waals surface area contributed by atoms with Crippen LogP contribution in [0.15, 0.2) is 30.3 Å². The van der Waals surface area contributed by atoms with Gasteiger partial charge in [-0.25, -0.2) is 0 Å². The molecule has 1 aromatic rings. The number of hydrogen-bond acceptors (Lipinski definition) is 4. The molecule has 0 amide bonds. The lowest BCUT2D eigenvalue weighted by Gasteiger charge is -2.30. The highest BCUT2D eigenvalue weighted by molar-refractivity contribution is 6.18. The molecule has 2 unspecified atom stereocenters. The van der Waals surface area contributed by atoms with Crippen molar-refractivity contribution in [1.29, 1.82) is 0 Å². The number of benzene rings is 1. The van der Waals surface area contributed by atoms with E-state index in [9.17, 15) is 0 Å². The fourth-order valence-electron chi connectivity index (χ4n) is 2.72. The van der Waals surface area contributed by atoms with Gasteiger partial charge in [-0.05, 0) is 0 Å². The third-order valence-electron chi connectivity index (χ3n) is 3.81. The van der Waals surface area contributed by atoms with Crippen LogP contribution in [0.4, 0.5) is 0 Å². The lowest BCUT2D eigenvalue weighted by atomic mass is 10.1. The van der Waals surface area contributed by atoms with Gasteiger partial charge in [0, 0.05) is 25.2 Å². The van der Waals surface area contributed by atoms with Crippen LogP contribution in [-0.2, 0) is 20.0 Å². The van der Waals surface area contributed by atoms with Crippen LogP contribution in [0.5, 0.6) is 0 Å². The Morgan fingerprint density at radius 1 is 1.20 bits per heavy atom. The smallest absolute Gasteiger partial charge is 0.209 e. The molecule has 1 aromatic carbocycles. The molecule has 3 rings (SSSR count). The van der Waals surface area contributed by atoms with Crippen molar-refractivity contribution in [2.45, 2.75) is 11.9 Å². The molecular weight excluding hydrogens is 278 g/mol. The summed E-state index contributed by atoms with van der Waals surface area (Å²) >= 11 is 6.12. The van der Waals surface area contributed by atoms with Gasteiger partial charge >= 0.3 is 0 Å². The van der Waals surface area contributed by atoms with E-state index in [2.05, 4.69) is 4.90 Å². The largest absolute Gasteiger partial charge is 0.379 e. The molecular formula is C15H20ClNO3. The van der Waals surface area contributed by atoms with Gasteiger partial charge in [-0.15, -0.1) is 11.6 Å². The van der Waals surface area contributed by atoms with Crippen LogP contribution in [0, 0.1) is 0 Å². The van der Waals surface area contributed by atoms with Gasteiger partial charge in [0.15, 0.2) is 0 Å². The van der Waals surface area contributed by atoms with Crippen molar-refractivity contribution in [3.8, 4) is 0 Å². The number of ether oxygens (including phenoxy) is 3. The van der Waals surface area contributed by atoms with Crippen LogP contribution in [0.2, 0.25) is 0 Å². The molecule has 0 bridgehead atoms. The third-order valence-corrected chi connectivity index (χ3v) is 4.17. The highest BCUT2D eigenvalue weighted by Gasteiger charge is 2.43. The molecule has 20 heavy (non-hydrogen) atoms. The average Bonchev–Trinajstić information content (AvgIpc) is 2.94. The first-order chi connectivity index (χ1) is 9.82. The molecule has 2 heterocycles. The summed E-state index contributed by atoms with van der Waals surface area (Å²) in [6.45, 7) is 4.96. The Hall–Kier alpha value is -0.650. The zero-order valence-electron chi connectivity index (χ0n) is 11.5. The molecule has 110 valence electrons. The Morgan fingerprint density at radius 2 is 1.95 bits per heavy atom. The van der Waals surface area contributed by atoms with E-state index >= 15 is 0 Å². The van der Waals surface area contributed by atoms with Gasteiger partial charge in [0.1, 0.15) is 0 Å². The van der Waals surface area contributed by atoms with Crippen molar-refractivity contribution in [3.63, 3.8) is 0 Å². The van der Waals surface area contributed by atoms with E-state index in [0.717, 1.165) is 38.4 Å². The Labute approximate surface area is 124 Å². The second-order valence-corrected chi connectivity index (χ2v) is 5.48. The second-order valence-electron chi connectivity index (χ2n) is 5.22. The quantitative estimate of drug-likeness (QED) is 0.794. The van der Waals surface area contributed by atoms with Gasteiger partial charge in [-0.2, -0.15) is 0 Å². The molecule has 0 N–H and O–H groups in total. The molecule has 0 aliphatic carbocycles. The van der Waals surface area contributed by atoms with Crippen molar-refractivity contribution in [2.75, 3.05) is 45.3 Å². The standard InChI is InChI=1S/C15H20ClNO3/c16-12-15(13-4-2-1-3-5-13)19-11-14(20-15)10-17-6-8-18-9-7-17/h1-5,14H,6-12H2. The fraction of sp³-hybridized carbons (Fsp3) is 0.600. The number of nitrogens with zero attached hydrogens (tertiary/aromatic N) is 1. The third kappa shape index (κ3) is 3.00. The minimum absolute atomic E-state index is 0.0621. The minimum Gasteiger partial charge on any atom is -0.379 e. The number of alkyl halides is 1. The predicted molar refractivity (Wildman–Crippen MR) is 76.9 cm³/mol. The van der Waals surface area contributed by atoms with Crippen LogP contribution in [0.1, 0.15) is 5.56 Å². The van der Waals surface area contributed by atoms with Crippen molar-refractivity contribution in [3.05, 3.63) is 35.9 Å². The topological polar surface area (TPSA) is 30.9 Å². The molecule has 0 spiro atoms. The van der Waals surface area contributed by atoms with E-state index in [0.29, 0.717) is 12.5 Å². The maximum Gasteiger partial charge on any atom is 0.209 e. The summed E-state index contributed by atoms with van der Waals surface area (Å²) in [5.41, 5.74) is 0.986. The van der Waals surface area contributed by atoms with Crippen molar-refractivity contribution >= 4 is 11.6 Å². The zero-order chi connectivity index (χ0) is 13.8. The Morgan fingerprint density at radius 3 is 2.65 bits per heavy atom. The number of hydrogen-bond donors (Lipinski definition) is 0. The van der Waals surface area contributed by atoms with Gasteiger partial charge in [-0.3, -0.25) is 4.90 Å². The molecule has 2 aliphatic rings. The van der Waals surface area contributed by atoms with Crippen molar-refractivity contribution in [1.82, 2.24) is 4.90 Å². The zero-order valence-corrected chi connectivity index (χ0v) is 12.2. The normalized spacial score (nSPS) is 31.6. The Kier molecular flexibility index (Phi) is 4.58. The lowest BCUT2D eigenvalue weighted by molar-refractivity contribution is -0.161. The first-order valence-corrected chi connectivity index (χ1v) is 7.59. The monoisotopic (exact) mass is 297 g/mol. The highest BCUT2D eigenvalue weighted by Crippen LogP contribution is 2.35. The molecule has 0 aromatic heterocycles. The van der Waals surface area contributed by atoms with E-state index < -0.39 is 5.79 Å². The van der Waals surface area contributed by atoms with E-state index in [1.807, 2.05) is 30.3 Å². The summed E-state index contributed by atoms with van der Waals surface area (Å²) in [6.07, 6.45) is 0.0621. The van der Waals surface area contributed by atoms with Crippen molar-refractivity contribution in [2.24, 2.45) is 0 Å². The number of rotatable bonds is 4. The minimum atomic E-state index is -0.792. The summed E-state index contributed by atoms with van der Waals surface area (Å²) in [6, 6.07) is 9.93. The van der Waals surface area contributed by atoms with Gasteiger partial charge in [0.2, 0.25) is 5.79 Å². The molecule has 2 atom stereocenters. The SMILES string of the molecule is ClCC1(c2ccccc2)OCC(CN2CCOCC2)O1. The molecule has 2 fully saturated rings. The van der Waals surface area contributed by atoms with E-state index in [-0.39, 0.29) is 6.10 Å². The van der Waals surface area contributed by atoms with Crippen LogP contribution in [0.25, 0.3) is 0 Å². The summed E-state index contributed by atoms with van der Waals surface area (Å²) in [4.78, 5) is 2.35. The van der Waals surface area contributed by atoms with E-state index in [4.69, 9.17) is 25.8 Å². The number of morpholine rings is 1. The Bertz CT molecular complexity index is 424. The molecule has 0 saturated carbocycles. The summed E-state index contributed by atoms with van der Waals surface area (Å²) < 4.78 is 17.4. The Balaban J connectivity index is 1.64. The summed E-state index contributed by atoms with van der Waals surface area (Å²) in [7, 11) is 0. The number of halogens is 1. The lowest BCUT2D eigenvalue weighted by Crippen LogP contribution is -2.42. The van der Waals surface area contributed by atoms with Gasteiger partial charge in [0.25, 0.3) is 0 Å². The summed E-state index contributed by atoms with van der Waals surface area (Å²) in [5, 5.41) is 0. The highest BCUT2D eigenvalue weighted by atomic mass is 35.5. The molecule has 2 saturated heterocycles. The second kappa shape index (κ2) is 6.41. The van der Waals surface area contributed by atoms with Gasteiger partial charge in [0.05, 0.1) is 31.8 Å². The van der Waals surface area contributed by atoms with Crippen LogP contribution in [-0.4, -0.2) is 56.3 Å². The van der Waals surface area contributed by atoms with Crippen molar-refractivity contribution < 1.29 is 14.2 Å². The average molecular weight is 298 g/mol. The molecule has 0 radical (unpaired) electrons. The maximum absolute atomic E-state index is 6.15. The van der Waals surface area contributed by atoms with Gasteiger partial charge < -0.3 is 14.2 Å². The summed E-state index contributed by atoms with van der Waals surface area (Å²) in [5.74, 6) is -0.490. The predicted octanol–water partition coefficient (Wildman–Crippen LogP) is 1.83. The van der Waals surface area contributed by atoms with E-state index in [1.54, 1.807) is 0 Å². The molecule has 4 nitrogen and oxygen atoms in total. The fourth-order valence-corrected chi connectivity index (χ4v) is 3.01. The van der Waals surface area contributed by atoms with Gasteiger partial charge in [-0.1, -0.05) is 30.3 Å².